The maximum Gasteiger partial charge on any atom is 0.161 e. The van der Waals surface area contributed by atoms with Gasteiger partial charge in [0.1, 0.15) is 0 Å². The van der Waals surface area contributed by atoms with Crippen molar-refractivity contribution < 1.29 is 9.57 Å². The molecule has 1 saturated heterocycles. The van der Waals surface area contributed by atoms with Crippen LogP contribution in [-0.4, -0.2) is 30.0 Å². The quantitative estimate of drug-likeness (QED) is 0.658. The molecule has 0 amide bonds. The first-order valence-corrected chi connectivity index (χ1v) is 4.67. The van der Waals surface area contributed by atoms with E-state index >= 15 is 0 Å². The molecule has 2 atom stereocenters. The van der Waals surface area contributed by atoms with Crippen LogP contribution in [-0.2, 0) is 9.57 Å². The van der Waals surface area contributed by atoms with Gasteiger partial charge in [0.15, 0.2) is 6.10 Å². The molecule has 2 aliphatic heterocycles. The summed E-state index contributed by atoms with van der Waals surface area (Å²) in [6, 6.07) is 3.90. The van der Waals surface area contributed by atoms with Gasteiger partial charge in [-0.15, -0.1) is 0 Å². The molecule has 1 aromatic heterocycles. The van der Waals surface area contributed by atoms with Gasteiger partial charge >= 0.3 is 0 Å². The minimum absolute atomic E-state index is 0.116. The average molecular weight is 190 g/mol. The van der Waals surface area contributed by atoms with Gasteiger partial charge in [-0.1, -0.05) is 5.16 Å². The highest BCUT2D eigenvalue weighted by atomic mass is 16.7. The Hall–Kier alpha value is -1.42. The van der Waals surface area contributed by atoms with Gasteiger partial charge in [-0.05, 0) is 12.1 Å². The summed E-state index contributed by atoms with van der Waals surface area (Å²) in [5.74, 6) is 0.291. The topological polar surface area (TPSA) is 43.7 Å². The van der Waals surface area contributed by atoms with Crippen LogP contribution in [0.3, 0.4) is 0 Å². The van der Waals surface area contributed by atoms with Crippen LogP contribution in [0.25, 0.3) is 0 Å². The van der Waals surface area contributed by atoms with E-state index in [1.165, 1.54) is 0 Å². The van der Waals surface area contributed by atoms with Crippen molar-refractivity contribution in [2.45, 2.75) is 6.10 Å². The van der Waals surface area contributed by atoms with Crippen LogP contribution < -0.4 is 0 Å². The molecule has 4 nitrogen and oxygen atoms in total. The SMILES string of the molecule is c1cncc(C2=NOC3COCC23)c1. The molecule has 0 saturated carbocycles. The van der Waals surface area contributed by atoms with Crippen molar-refractivity contribution in [1.82, 2.24) is 4.98 Å². The molecule has 1 fully saturated rings. The molecule has 0 bridgehead atoms. The van der Waals surface area contributed by atoms with Gasteiger partial charge in [-0.3, -0.25) is 4.98 Å². The van der Waals surface area contributed by atoms with Crippen LogP contribution in [0.4, 0.5) is 0 Å². The van der Waals surface area contributed by atoms with Crippen LogP contribution in [0.2, 0.25) is 0 Å². The largest absolute Gasteiger partial charge is 0.389 e. The van der Waals surface area contributed by atoms with Crippen LogP contribution in [0.15, 0.2) is 29.7 Å². The van der Waals surface area contributed by atoms with Crippen molar-refractivity contribution in [3.8, 4) is 0 Å². The standard InChI is InChI=1S/C10H10N2O2/c1-2-7(4-11-3-1)10-8-5-13-6-9(8)14-12-10/h1-4,8-9H,5-6H2. The maximum atomic E-state index is 5.34. The lowest BCUT2D eigenvalue weighted by Gasteiger charge is -2.05. The average Bonchev–Trinajstić information content (AvgIpc) is 2.79. The summed E-state index contributed by atoms with van der Waals surface area (Å²) in [4.78, 5) is 9.35. The van der Waals surface area contributed by atoms with E-state index < -0.39 is 0 Å². The van der Waals surface area contributed by atoms with Gasteiger partial charge in [0.05, 0.1) is 24.8 Å². The normalized spacial score (nSPS) is 29.6. The molecule has 1 aromatic rings. The van der Waals surface area contributed by atoms with Gasteiger partial charge in [0.2, 0.25) is 0 Å². The predicted molar refractivity (Wildman–Crippen MR) is 50.0 cm³/mol. The number of rotatable bonds is 1. The van der Waals surface area contributed by atoms with Crippen molar-refractivity contribution in [2.24, 2.45) is 11.1 Å². The number of pyridine rings is 1. The predicted octanol–water partition coefficient (Wildman–Crippen LogP) is 0.831. The van der Waals surface area contributed by atoms with Gasteiger partial charge in [-0.25, -0.2) is 0 Å². The molecule has 0 aliphatic carbocycles. The Morgan fingerprint density at radius 1 is 1.36 bits per heavy atom. The zero-order valence-electron chi connectivity index (χ0n) is 7.59. The maximum absolute atomic E-state index is 5.34. The number of hydrogen-bond acceptors (Lipinski definition) is 4. The third-order valence-corrected chi connectivity index (χ3v) is 2.62. The molecule has 3 heterocycles. The molecule has 0 radical (unpaired) electrons. The third-order valence-electron chi connectivity index (χ3n) is 2.62. The molecule has 72 valence electrons. The van der Waals surface area contributed by atoms with Crippen molar-refractivity contribution in [3.63, 3.8) is 0 Å². The number of aromatic nitrogens is 1. The van der Waals surface area contributed by atoms with E-state index in [2.05, 4.69) is 10.1 Å². The summed E-state index contributed by atoms with van der Waals surface area (Å²) in [7, 11) is 0. The van der Waals surface area contributed by atoms with Crippen molar-refractivity contribution >= 4 is 5.71 Å². The molecular formula is C10H10N2O2. The number of nitrogens with zero attached hydrogens (tertiary/aromatic N) is 2. The summed E-state index contributed by atoms with van der Waals surface area (Å²) in [6.45, 7) is 1.36. The van der Waals surface area contributed by atoms with E-state index in [1.54, 1.807) is 6.20 Å². The molecule has 0 spiro atoms. The van der Waals surface area contributed by atoms with E-state index in [0.717, 1.165) is 11.3 Å². The Kier molecular flexibility index (Phi) is 1.73. The Bertz CT molecular complexity index is 364. The smallest absolute Gasteiger partial charge is 0.161 e. The van der Waals surface area contributed by atoms with Crippen LogP contribution in [0.1, 0.15) is 5.56 Å². The Balaban J connectivity index is 1.93. The summed E-state index contributed by atoms with van der Waals surface area (Å²) in [6.07, 6.45) is 3.68. The highest BCUT2D eigenvalue weighted by Gasteiger charge is 2.39. The first-order valence-electron chi connectivity index (χ1n) is 4.67. The first-order chi connectivity index (χ1) is 6.95. The highest BCUT2D eigenvalue weighted by Crippen LogP contribution is 2.27. The number of fused-ring (bicyclic) bond motifs is 1. The van der Waals surface area contributed by atoms with E-state index in [1.807, 2.05) is 18.3 Å². The van der Waals surface area contributed by atoms with E-state index in [0.29, 0.717) is 19.1 Å². The second-order valence-corrected chi connectivity index (χ2v) is 3.51. The van der Waals surface area contributed by atoms with Crippen LogP contribution in [0, 0.1) is 5.92 Å². The molecule has 14 heavy (non-hydrogen) atoms. The highest BCUT2D eigenvalue weighted by molar-refractivity contribution is 6.03. The van der Waals surface area contributed by atoms with Crippen molar-refractivity contribution in [2.75, 3.05) is 13.2 Å². The van der Waals surface area contributed by atoms with E-state index in [-0.39, 0.29) is 6.10 Å². The van der Waals surface area contributed by atoms with E-state index in [4.69, 9.17) is 9.57 Å². The lowest BCUT2D eigenvalue weighted by molar-refractivity contribution is 0.0558. The number of ether oxygens (including phenoxy) is 1. The minimum Gasteiger partial charge on any atom is -0.389 e. The fraction of sp³-hybridized carbons (Fsp3) is 0.400. The third kappa shape index (κ3) is 1.11. The second-order valence-electron chi connectivity index (χ2n) is 3.51. The van der Waals surface area contributed by atoms with Crippen molar-refractivity contribution in [1.29, 1.82) is 0 Å². The number of oxime groups is 1. The lowest BCUT2D eigenvalue weighted by Crippen LogP contribution is -2.21. The Morgan fingerprint density at radius 2 is 2.36 bits per heavy atom. The van der Waals surface area contributed by atoms with Crippen LogP contribution in [0.5, 0.6) is 0 Å². The second kappa shape index (κ2) is 3.06. The summed E-state index contributed by atoms with van der Waals surface area (Å²) >= 11 is 0. The number of hydrogen-bond donors (Lipinski definition) is 0. The molecule has 0 N–H and O–H groups in total. The molecule has 3 rings (SSSR count). The molecule has 2 unspecified atom stereocenters. The zero-order chi connectivity index (χ0) is 9.38. The van der Waals surface area contributed by atoms with Gasteiger partial charge in [-0.2, -0.15) is 0 Å². The summed E-state index contributed by atoms with van der Waals surface area (Å²) < 4.78 is 5.34. The van der Waals surface area contributed by atoms with Gasteiger partial charge < -0.3 is 9.57 Å². The molecule has 4 heteroatoms. The molecule has 0 aromatic carbocycles. The fourth-order valence-electron chi connectivity index (χ4n) is 1.87. The summed E-state index contributed by atoms with van der Waals surface area (Å²) in [5.41, 5.74) is 2.01. The van der Waals surface area contributed by atoms with Gasteiger partial charge in [0.25, 0.3) is 0 Å². The zero-order valence-corrected chi connectivity index (χ0v) is 7.59. The molecular weight excluding hydrogens is 180 g/mol. The van der Waals surface area contributed by atoms with Gasteiger partial charge in [0, 0.05) is 18.0 Å². The Labute approximate surface area is 81.5 Å². The van der Waals surface area contributed by atoms with Crippen LogP contribution >= 0.6 is 0 Å². The molecule has 2 aliphatic rings. The fourth-order valence-corrected chi connectivity index (χ4v) is 1.87. The lowest BCUT2D eigenvalue weighted by atomic mass is 9.96. The summed E-state index contributed by atoms with van der Waals surface area (Å²) in [5, 5.41) is 4.09. The minimum atomic E-state index is 0.116. The van der Waals surface area contributed by atoms with E-state index in [9.17, 15) is 0 Å². The Morgan fingerprint density at radius 3 is 3.21 bits per heavy atom. The monoisotopic (exact) mass is 190 g/mol. The van der Waals surface area contributed by atoms with Crippen molar-refractivity contribution in [3.05, 3.63) is 30.1 Å². The first kappa shape index (κ1) is 7.94.